The zero-order chi connectivity index (χ0) is 19.8. The lowest BCUT2D eigenvalue weighted by Crippen LogP contribution is -2.34. The molecule has 8 nitrogen and oxygen atoms in total. The first-order valence-corrected chi connectivity index (χ1v) is 8.41. The third-order valence-corrected chi connectivity index (χ3v) is 3.88. The first kappa shape index (κ1) is 18.5. The van der Waals surface area contributed by atoms with E-state index >= 15 is 0 Å². The number of fused-ring (bicyclic) bond motifs is 2. The highest BCUT2D eigenvalue weighted by Crippen LogP contribution is 2.28. The van der Waals surface area contributed by atoms with Crippen LogP contribution in [0.2, 0.25) is 0 Å². The Morgan fingerprint density at radius 1 is 1.15 bits per heavy atom. The molecule has 2 aromatic heterocycles. The number of pyridine rings is 2. The summed E-state index contributed by atoms with van der Waals surface area (Å²) >= 11 is 0. The van der Waals surface area contributed by atoms with E-state index in [0.29, 0.717) is 12.0 Å². The van der Waals surface area contributed by atoms with Crippen LogP contribution in [0.4, 0.5) is 4.79 Å². The Morgan fingerprint density at radius 3 is 2.59 bits per heavy atom. The fourth-order valence-electron chi connectivity index (χ4n) is 2.80. The summed E-state index contributed by atoms with van der Waals surface area (Å²) in [5, 5.41) is 12.1. The highest BCUT2D eigenvalue weighted by atomic mass is 16.6. The number of hydrogen-bond acceptors (Lipinski definition) is 7. The van der Waals surface area contributed by atoms with E-state index in [2.05, 4.69) is 15.3 Å². The summed E-state index contributed by atoms with van der Waals surface area (Å²) in [5.41, 5.74) is 0.204. The van der Waals surface area contributed by atoms with Gasteiger partial charge in [-0.05, 0) is 44.9 Å². The van der Waals surface area contributed by atoms with E-state index in [4.69, 9.17) is 4.74 Å². The van der Waals surface area contributed by atoms with Crippen molar-refractivity contribution in [3.05, 3.63) is 52.5 Å². The van der Waals surface area contributed by atoms with Crippen LogP contribution in [0.1, 0.15) is 58.4 Å². The van der Waals surface area contributed by atoms with Crippen LogP contribution in [-0.4, -0.2) is 44.9 Å². The van der Waals surface area contributed by atoms with Crippen LogP contribution in [0.5, 0.6) is 5.88 Å². The first-order valence-electron chi connectivity index (χ1n) is 8.41. The molecule has 1 aliphatic carbocycles. The molecular weight excluding hydrogens is 350 g/mol. The molecule has 2 N–H and O–H groups in total. The van der Waals surface area contributed by atoms with Gasteiger partial charge in [0.05, 0.1) is 11.1 Å². The molecule has 0 saturated carbocycles. The van der Waals surface area contributed by atoms with Crippen LogP contribution in [0, 0.1) is 0 Å². The highest BCUT2D eigenvalue weighted by molar-refractivity contribution is 6.27. The molecule has 0 fully saturated rings. The average molecular weight is 369 g/mol. The van der Waals surface area contributed by atoms with Crippen LogP contribution in [0.25, 0.3) is 0 Å². The fraction of sp³-hybridized carbons (Fsp3) is 0.316. The molecule has 1 aliphatic rings. The van der Waals surface area contributed by atoms with Crippen LogP contribution in [0.15, 0.2) is 24.4 Å². The third-order valence-electron chi connectivity index (χ3n) is 3.88. The van der Waals surface area contributed by atoms with Crippen molar-refractivity contribution in [3.63, 3.8) is 0 Å². The van der Waals surface area contributed by atoms with E-state index < -0.39 is 17.5 Å². The first-order chi connectivity index (χ1) is 12.7. The molecule has 140 valence electrons. The lowest BCUT2D eigenvalue weighted by atomic mass is 9.87. The van der Waals surface area contributed by atoms with Crippen LogP contribution >= 0.6 is 0 Å². The monoisotopic (exact) mass is 369 g/mol. The fourth-order valence-corrected chi connectivity index (χ4v) is 2.80. The van der Waals surface area contributed by atoms with Gasteiger partial charge in [-0.2, -0.15) is 0 Å². The van der Waals surface area contributed by atoms with Gasteiger partial charge in [-0.1, -0.05) is 0 Å². The number of amides is 1. The number of carbonyl (C=O) groups excluding carboxylic acids is 3. The lowest BCUT2D eigenvalue weighted by molar-refractivity contribution is 0.0528. The van der Waals surface area contributed by atoms with Crippen molar-refractivity contribution < 1.29 is 24.2 Å². The van der Waals surface area contributed by atoms with Crippen molar-refractivity contribution >= 4 is 17.7 Å². The number of alkyl carbamates (subject to hydrolysis) is 1. The number of rotatable bonds is 3. The van der Waals surface area contributed by atoms with Gasteiger partial charge in [0, 0.05) is 18.8 Å². The maximum Gasteiger partial charge on any atom is 0.407 e. The Labute approximate surface area is 155 Å². The molecule has 0 aromatic carbocycles. The number of ether oxygens (including phenoxy) is 1. The summed E-state index contributed by atoms with van der Waals surface area (Å²) in [4.78, 5) is 45.0. The second-order valence-electron chi connectivity index (χ2n) is 7.10. The van der Waals surface area contributed by atoms with E-state index in [9.17, 15) is 19.5 Å². The molecule has 0 aliphatic heterocycles. The number of ketones is 2. The lowest BCUT2D eigenvalue weighted by Gasteiger charge is -2.20. The minimum absolute atomic E-state index is 0.000341. The zero-order valence-electron chi connectivity index (χ0n) is 15.2. The molecule has 0 atom stereocenters. The summed E-state index contributed by atoms with van der Waals surface area (Å²) in [6.45, 7) is 5.52. The number of aromatic nitrogens is 2. The van der Waals surface area contributed by atoms with E-state index in [1.165, 1.54) is 18.3 Å². The van der Waals surface area contributed by atoms with Gasteiger partial charge in [-0.15, -0.1) is 0 Å². The van der Waals surface area contributed by atoms with Crippen molar-refractivity contribution in [3.8, 4) is 5.88 Å². The molecule has 8 heteroatoms. The van der Waals surface area contributed by atoms with Crippen molar-refractivity contribution in [2.75, 3.05) is 6.54 Å². The van der Waals surface area contributed by atoms with Gasteiger partial charge in [0.2, 0.25) is 11.7 Å². The SMILES string of the molecule is CC(C)(C)OC(=O)NCCc1ccnc2c1C(=O)c1ccc(O)nc1C2=O. The van der Waals surface area contributed by atoms with E-state index in [-0.39, 0.29) is 40.7 Å². The topological polar surface area (TPSA) is 118 Å². The highest BCUT2D eigenvalue weighted by Gasteiger charge is 2.34. The summed E-state index contributed by atoms with van der Waals surface area (Å²) in [5.74, 6) is -1.24. The van der Waals surface area contributed by atoms with Crippen LogP contribution in [-0.2, 0) is 11.2 Å². The largest absolute Gasteiger partial charge is 0.493 e. The second kappa shape index (κ2) is 6.79. The second-order valence-corrected chi connectivity index (χ2v) is 7.10. The maximum atomic E-state index is 12.8. The smallest absolute Gasteiger partial charge is 0.407 e. The van der Waals surface area contributed by atoms with E-state index in [1.54, 1.807) is 26.8 Å². The Balaban J connectivity index is 1.83. The number of carbonyl (C=O) groups is 3. The van der Waals surface area contributed by atoms with Gasteiger partial charge < -0.3 is 15.2 Å². The summed E-state index contributed by atoms with van der Waals surface area (Å²) in [6.07, 6.45) is 1.20. The Hall–Kier alpha value is -3.29. The molecule has 3 rings (SSSR count). The van der Waals surface area contributed by atoms with E-state index in [1.807, 2.05) is 0 Å². The van der Waals surface area contributed by atoms with Crippen molar-refractivity contribution in [1.82, 2.24) is 15.3 Å². The number of nitrogens with zero attached hydrogens (tertiary/aromatic N) is 2. The zero-order valence-corrected chi connectivity index (χ0v) is 15.2. The Bertz CT molecular complexity index is 947. The van der Waals surface area contributed by atoms with Crippen molar-refractivity contribution in [2.45, 2.75) is 32.8 Å². The predicted molar refractivity (Wildman–Crippen MR) is 94.9 cm³/mol. The Kier molecular flexibility index (Phi) is 4.65. The van der Waals surface area contributed by atoms with Gasteiger partial charge in [0.15, 0.2) is 5.78 Å². The quantitative estimate of drug-likeness (QED) is 0.725. The van der Waals surface area contributed by atoms with Gasteiger partial charge in [-0.3, -0.25) is 14.6 Å². The molecule has 0 spiro atoms. The molecule has 2 heterocycles. The van der Waals surface area contributed by atoms with Gasteiger partial charge in [-0.25, -0.2) is 9.78 Å². The number of nitrogens with one attached hydrogen (secondary N) is 1. The Morgan fingerprint density at radius 2 is 1.89 bits per heavy atom. The van der Waals surface area contributed by atoms with Gasteiger partial charge in [0.1, 0.15) is 17.0 Å². The molecule has 0 saturated heterocycles. The molecule has 0 radical (unpaired) electrons. The molecule has 1 amide bonds. The maximum absolute atomic E-state index is 12.8. The number of hydrogen-bond donors (Lipinski definition) is 2. The standard InChI is InChI=1S/C19H19N3O5/c1-19(2,3)27-18(26)21-9-7-10-6-8-20-15-13(10)16(24)11-4-5-12(23)22-14(11)17(15)25/h4-6,8H,7,9H2,1-3H3,(H,21,26)(H,22,23). The molecule has 2 aromatic rings. The third kappa shape index (κ3) is 3.79. The summed E-state index contributed by atoms with van der Waals surface area (Å²) in [7, 11) is 0. The molecule has 27 heavy (non-hydrogen) atoms. The van der Waals surface area contributed by atoms with Crippen molar-refractivity contribution in [2.24, 2.45) is 0 Å². The van der Waals surface area contributed by atoms with Gasteiger partial charge in [0.25, 0.3) is 0 Å². The van der Waals surface area contributed by atoms with E-state index in [0.717, 1.165) is 0 Å². The normalized spacial score (nSPS) is 13.0. The molecule has 0 unspecified atom stereocenters. The summed E-state index contributed by atoms with van der Waals surface area (Å²) < 4.78 is 5.17. The minimum atomic E-state index is -0.607. The number of aromatic hydroxyl groups is 1. The summed E-state index contributed by atoms with van der Waals surface area (Å²) in [6, 6.07) is 4.27. The minimum Gasteiger partial charge on any atom is -0.493 e. The average Bonchev–Trinajstić information content (AvgIpc) is 2.58. The van der Waals surface area contributed by atoms with Crippen LogP contribution in [0.3, 0.4) is 0 Å². The van der Waals surface area contributed by atoms with Gasteiger partial charge >= 0.3 is 6.09 Å². The van der Waals surface area contributed by atoms with Crippen molar-refractivity contribution in [1.29, 1.82) is 0 Å². The predicted octanol–water partition coefficient (Wildman–Crippen LogP) is 2.02. The molecule has 0 bridgehead atoms. The molecular formula is C19H19N3O5. The van der Waals surface area contributed by atoms with Crippen LogP contribution < -0.4 is 5.32 Å².